The van der Waals surface area contributed by atoms with E-state index in [1.807, 2.05) is 22.4 Å². The van der Waals surface area contributed by atoms with E-state index < -0.39 is 0 Å². The average Bonchev–Trinajstić information content (AvgIpc) is 2.85. The van der Waals surface area contributed by atoms with Gasteiger partial charge in [0.15, 0.2) is 0 Å². The van der Waals surface area contributed by atoms with Gasteiger partial charge < -0.3 is 10.0 Å². The van der Waals surface area contributed by atoms with Gasteiger partial charge in [0.2, 0.25) is 0 Å². The average molecular weight is 237 g/mol. The Kier molecular flexibility index (Phi) is 2.48. The molecule has 16 heavy (non-hydrogen) atoms. The first kappa shape index (κ1) is 10.3. The number of hydrogen-bond donors (Lipinski definition) is 1. The molecule has 86 valence electrons. The smallest absolute Gasteiger partial charge is 0.264 e. The van der Waals surface area contributed by atoms with E-state index in [4.69, 9.17) is 0 Å². The van der Waals surface area contributed by atoms with Crippen LogP contribution in [0, 0.1) is 0 Å². The molecular weight excluding hydrogens is 222 g/mol. The largest absolute Gasteiger partial charge is 0.393 e. The highest BCUT2D eigenvalue weighted by Crippen LogP contribution is 2.37. The molecule has 1 aromatic heterocycles. The number of hydrogen-bond acceptors (Lipinski definition) is 3. The summed E-state index contributed by atoms with van der Waals surface area (Å²) < 4.78 is 0. The lowest BCUT2D eigenvalue weighted by molar-refractivity contribution is 0.0290. The van der Waals surface area contributed by atoms with Crippen LogP contribution < -0.4 is 0 Å². The fraction of sp³-hybridized carbons (Fsp3) is 0.583. The quantitative estimate of drug-likeness (QED) is 0.810. The van der Waals surface area contributed by atoms with Crippen LogP contribution in [0.4, 0.5) is 0 Å². The molecule has 2 atom stereocenters. The summed E-state index contributed by atoms with van der Waals surface area (Å²) in [6, 6.07) is 4.34. The second-order valence-electron chi connectivity index (χ2n) is 4.70. The molecule has 0 aromatic carbocycles. The van der Waals surface area contributed by atoms with E-state index in [1.54, 1.807) is 0 Å². The van der Waals surface area contributed by atoms with Crippen LogP contribution in [0.2, 0.25) is 0 Å². The second-order valence-corrected chi connectivity index (χ2v) is 5.65. The van der Waals surface area contributed by atoms with Crippen LogP contribution in [-0.4, -0.2) is 34.1 Å². The fourth-order valence-electron chi connectivity index (χ4n) is 3.01. The predicted octanol–water partition coefficient (Wildman–Crippen LogP) is 1.88. The number of amides is 1. The van der Waals surface area contributed by atoms with Crippen LogP contribution in [0.1, 0.15) is 35.4 Å². The first-order valence-corrected chi connectivity index (χ1v) is 6.68. The van der Waals surface area contributed by atoms with Gasteiger partial charge in [-0.15, -0.1) is 11.3 Å². The number of thiophene rings is 1. The molecule has 0 unspecified atom stereocenters. The zero-order valence-corrected chi connectivity index (χ0v) is 9.82. The molecule has 0 saturated carbocycles. The van der Waals surface area contributed by atoms with Gasteiger partial charge in [-0.05, 0) is 37.1 Å². The fourth-order valence-corrected chi connectivity index (χ4v) is 3.67. The highest BCUT2D eigenvalue weighted by Gasteiger charge is 2.43. The molecule has 0 aliphatic carbocycles. The van der Waals surface area contributed by atoms with Gasteiger partial charge in [-0.25, -0.2) is 0 Å². The van der Waals surface area contributed by atoms with Crippen molar-refractivity contribution in [3.63, 3.8) is 0 Å². The SMILES string of the molecule is O=C(c1cccs1)N1[C@H]2CC[C@H]1CC(O)C2. The van der Waals surface area contributed by atoms with Crippen LogP contribution in [0.25, 0.3) is 0 Å². The molecule has 2 aliphatic heterocycles. The summed E-state index contributed by atoms with van der Waals surface area (Å²) in [4.78, 5) is 15.1. The van der Waals surface area contributed by atoms with Gasteiger partial charge in [0.25, 0.3) is 5.91 Å². The lowest BCUT2D eigenvalue weighted by atomic mass is 10.00. The van der Waals surface area contributed by atoms with Gasteiger partial charge in [-0.3, -0.25) is 4.79 Å². The Balaban J connectivity index is 1.84. The number of aliphatic hydroxyl groups is 1. The molecule has 1 aromatic rings. The van der Waals surface area contributed by atoms with Crippen molar-refractivity contribution in [1.29, 1.82) is 0 Å². The number of piperidine rings is 1. The van der Waals surface area contributed by atoms with E-state index in [0.717, 1.165) is 30.6 Å². The molecule has 2 bridgehead atoms. The highest BCUT2D eigenvalue weighted by molar-refractivity contribution is 7.12. The lowest BCUT2D eigenvalue weighted by Gasteiger charge is -2.36. The molecule has 1 N–H and O–H groups in total. The molecule has 3 rings (SSSR count). The summed E-state index contributed by atoms with van der Waals surface area (Å²) in [5, 5.41) is 11.6. The van der Waals surface area contributed by atoms with Crippen molar-refractivity contribution in [2.75, 3.05) is 0 Å². The predicted molar refractivity (Wildman–Crippen MR) is 62.5 cm³/mol. The number of fused-ring (bicyclic) bond motifs is 2. The zero-order chi connectivity index (χ0) is 11.1. The first-order chi connectivity index (χ1) is 7.75. The Morgan fingerprint density at radius 1 is 1.38 bits per heavy atom. The van der Waals surface area contributed by atoms with Crippen molar-refractivity contribution in [1.82, 2.24) is 4.90 Å². The Hall–Kier alpha value is -0.870. The molecule has 2 fully saturated rings. The number of rotatable bonds is 1. The van der Waals surface area contributed by atoms with Crippen LogP contribution in [0.5, 0.6) is 0 Å². The Morgan fingerprint density at radius 3 is 2.62 bits per heavy atom. The minimum absolute atomic E-state index is 0.161. The van der Waals surface area contributed by atoms with Gasteiger partial charge in [0.05, 0.1) is 11.0 Å². The van der Waals surface area contributed by atoms with E-state index in [1.165, 1.54) is 11.3 Å². The molecule has 4 heteroatoms. The van der Waals surface area contributed by atoms with Gasteiger partial charge in [0, 0.05) is 12.1 Å². The number of carbonyl (C=O) groups excluding carboxylic acids is 1. The highest BCUT2D eigenvalue weighted by atomic mass is 32.1. The summed E-state index contributed by atoms with van der Waals surface area (Å²) in [5.74, 6) is 0.161. The maximum atomic E-state index is 12.3. The summed E-state index contributed by atoms with van der Waals surface area (Å²) >= 11 is 1.50. The van der Waals surface area contributed by atoms with Crippen molar-refractivity contribution in [3.05, 3.63) is 22.4 Å². The lowest BCUT2D eigenvalue weighted by Crippen LogP contribution is -2.47. The Labute approximate surface area is 98.7 Å². The van der Waals surface area contributed by atoms with Crippen molar-refractivity contribution < 1.29 is 9.90 Å². The number of carbonyl (C=O) groups is 1. The summed E-state index contributed by atoms with van der Waals surface area (Å²) in [6.45, 7) is 0. The topological polar surface area (TPSA) is 40.5 Å². The minimum atomic E-state index is -0.204. The van der Waals surface area contributed by atoms with Crippen LogP contribution in [-0.2, 0) is 0 Å². The van der Waals surface area contributed by atoms with Gasteiger partial charge >= 0.3 is 0 Å². The van der Waals surface area contributed by atoms with E-state index in [9.17, 15) is 9.90 Å². The van der Waals surface area contributed by atoms with Gasteiger partial charge in [-0.1, -0.05) is 6.07 Å². The monoisotopic (exact) mass is 237 g/mol. The number of aliphatic hydroxyl groups excluding tert-OH is 1. The Morgan fingerprint density at radius 2 is 2.06 bits per heavy atom. The molecule has 2 aliphatic rings. The maximum Gasteiger partial charge on any atom is 0.264 e. The third-order valence-electron chi connectivity index (χ3n) is 3.67. The molecule has 1 amide bonds. The minimum Gasteiger partial charge on any atom is -0.393 e. The molecule has 0 spiro atoms. The van der Waals surface area contributed by atoms with Crippen LogP contribution >= 0.6 is 11.3 Å². The van der Waals surface area contributed by atoms with E-state index in [0.29, 0.717) is 0 Å². The summed E-state index contributed by atoms with van der Waals surface area (Å²) in [5.41, 5.74) is 0. The van der Waals surface area contributed by atoms with Gasteiger partial charge in [0.1, 0.15) is 0 Å². The number of nitrogens with zero attached hydrogens (tertiary/aromatic N) is 1. The normalized spacial score (nSPS) is 33.1. The van der Waals surface area contributed by atoms with E-state index in [-0.39, 0.29) is 24.1 Å². The maximum absolute atomic E-state index is 12.3. The molecular formula is C12H15NO2S. The summed E-state index contributed by atoms with van der Waals surface area (Å²) in [7, 11) is 0. The van der Waals surface area contributed by atoms with E-state index in [2.05, 4.69) is 0 Å². The second kappa shape index (κ2) is 3.86. The third-order valence-corrected chi connectivity index (χ3v) is 4.53. The first-order valence-electron chi connectivity index (χ1n) is 5.80. The van der Waals surface area contributed by atoms with Crippen molar-refractivity contribution >= 4 is 17.2 Å². The Bertz CT molecular complexity index is 376. The molecule has 3 heterocycles. The van der Waals surface area contributed by atoms with Crippen LogP contribution in [0.15, 0.2) is 17.5 Å². The van der Waals surface area contributed by atoms with Crippen molar-refractivity contribution in [2.24, 2.45) is 0 Å². The zero-order valence-electron chi connectivity index (χ0n) is 9.00. The molecule has 2 saturated heterocycles. The van der Waals surface area contributed by atoms with E-state index >= 15 is 0 Å². The molecule has 0 radical (unpaired) electrons. The van der Waals surface area contributed by atoms with Crippen LogP contribution in [0.3, 0.4) is 0 Å². The summed E-state index contributed by atoms with van der Waals surface area (Å²) in [6.07, 6.45) is 3.42. The van der Waals surface area contributed by atoms with Gasteiger partial charge in [-0.2, -0.15) is 0 Å². The van der Waals surface area contributed by atoms with Crippen molar-refractivity contribution in [2.45, 2.75) is 43.9 Å². The van der Waals surface area contributed by atoms with Crippen molar-refractivity contribution in [3.8, 4) is 0 Å². The standard InChI is InChI=1S/C12H15NO2S/c14-10-6-8-3-4-9(7-10)13(8)12(15)11-2-1-5-16-11/h1-2,5,8-10,14H,3-4,6-7H2/t8-,9-/m0/s1. The molecule has 3 nitrogen and oxygen atoms in total. The third kappa shape index (κ3) is 1.57.